The molecule has 160 valence electrons. The number of hydrogen-bond acceptors (Lipinski definition) is 8. The maximum atomic E-state index is 13.7. The number of esters is 1. The Morgan fingerprint density at radius 1 is 1.38 bits per heavy atom. The number of halogens is 1. The minimum atomic E-state index is -1.28. The van der Waals surface area contributed by atoms with Crippen LogP contribution < -0.4 is 5.32 Å². The van der Waals surface area contributed by atoms with Crippen LogP contribution in [0.5, 0.6) is 0 Å². The molecule has 0 unspecified atom stereocenters. The largest absolute Gasteiger partial charge is 0.464 e. The van der Waals surface area contributed by atoms with Crippen LogP contribution in [0.25, 0.3) is 11.0 Å². The Morgan fingerprint density at radius 3 is 2.76 bits per heavy atom. The van der Waals surface area contributed by atoms with E-state index in [1.54, 1.807) is 0 Å². The molecule has 1 saturated carbocycles. The average molecular weight is 426 g/mol. The van der Waals surface area contributed by atoms with Gasteiger partial charge in [-0.15, -0.1) is 0 Å². The second-order valence-corrected chi connectivity index (χ2v) is 14.1. The van der Waals surface area contributed by atoms with Crippen LogP contribution in [0.4, 0.5) is 10.2 Å². The number of carbonyl (C=O) groups is 1. The van der Waals surface area contributed by atoms with Crippen molar-refractivity contribution in [3.8, 4) is 0 Å². The van der Waals surface area contributed by atoms with E-state index in [2.05, 4.69) is 40.0 Å². The van der Waals surface area contributed by atoms with Gasteiger partial charge < -0.3 is 19.9 Å². The van der Waals surface area contributed by atoms with Crippen molar-refractivity contribution >= 4 is 30.9 Å². The summed E-state index contributed by atoms with van der Waals surface area (Å²) in [5.41, 5.74) is 0.448. The van der Waals surface area contributed by atoms with E-state index >= 15 is 0 Å². The molecule has 1 fully saturated rings. The molecule has 0 radical (unpaired) electrons. The molecule has 2 aromatic rings. The number of hydrogen-bond donors (Lipinski definition) is 2. The number of methoxy groups -OCH3 is 1. The number of aliphatic hydroxyl groups is 1. The fourth-order valence-corrected chi connectivity index (χ4v) is 4.00. The summed E-state index contributed by atoms with van der Waals surface area (Å²) in [6.45, 7) is 7.51. The van der Waals surface area contributed by atoms with Crippen molar-refractivity contribution in [3.05, 3.63) is 12.0 Å². The number of aromatic nitrogens is 4. The van der Waals surface area contributed by atoms with Gasteiger partial charge in [0.15, 0.2) is 11.3 Å². The van der Waals surface area contributed by atoms with Crippen LogP contribution in [0.1, 0.15) is 23.3 Å². The molecule has 0 amide bonds. The summed E-state index contributed by atoms with van der Waals surface area (Å²) in [6, 6.07) is 0.492. The molecule has 2 N–H and O–H groups in total. The highest BCUT2D eigenvalue weighted by atomic mass is 28.3. The van der Waals surface area contributed by atoms with Gasteiger partial charge in [0.05, 0.1) is 18.5 Å². The molecule has 0 aromatic carbocycles. The molecular weight excluding hydrogens is 397 g/mol. The van der Waals surface area contributed by atoms with Crippen LogP contribution in [0.3, 0.4) is 0 Å². The van der Waals surface area contributed by atoms with Gasteiger partial charge in [-0.05, 0) is 18.9 Å². The summed E-state index contributed by atoms with van der Waals surface area (Å²) >= 11 is 0. The molecule has 0 spiro atoms. The number of nitrogens with one attached hydrogen (secondary N) is 1. The van der Waals surface area contributed by atoms with Crippen LogP contribution >= 0.6 is 0 Å². The third kappa shape index (κ3) is 4.90. The first-order valence-electron chi connectivity index (χ1n) is 9.67. The van der Waals surface area contributed by atoms with E-state index in [0.29, 0.717) is 29.9 Å². The van der Waals surface area contributed by atoms with Crippen molar-refractivity contribution in [1.82, 2.24) is 19.7 Å². The van der Waals surface area contributed by atoms with Gasteiger partial charge in [-0.3, -0.25) is 0 Å². The first kappa shape index (κ1) is 21.6. The van der Waals surface area contributed by atoms with Gasteiger partial charge in [-0.2, -0.15) is 5.10 Å². The lowest BCUT2D eigenvalue weighted by Gasteiger charge is -2.18. The molecule has 11 heteroatoms. The Kier molecular flexibility index (Phi) is 6.49. The SMILES string of the molecule is COC(=O)c1nn(COCC[Si](C)(C)C)c2ncnc(N[C@@H]3CC[C@H](F)[C@H]3O)c12. The van der Waals surface area contributed by atoms with Gasteiger partial charge in [0.1, 0.15) is 31.2 Å². The van der Waals surface area contributed by atoms with Gasteiger partial charge in [-0.25, -0.2) is 23.8 Å². The lowest BCUT2D eigenvalue weighted by Crippen LogP contribution is -2.33. The maximum Gasteiger partial charge on any atom is 0.359 e. The van der Waals surface area contributed by atoms with Gasteiger partial charge in [0.2, 0.25) is 0 Å². The van der Waals surface area contributed by atoms with Gasteiger partial charge >= 0.3 is 5.97 Å². The number of anilines is 1. The average Bonchev–Trinajstić information content (AvgIpc) is 3.20. The second-order valence-electron chi connectivity index (χ2n) is 8.44. The molecule has 1 aliphatic carbocycles. The number of ether oxygens (including phenoxy) is 2. The van der Waals surface area contributed by atoms with Crippen LogP contribution in [0, 0.1) is 0 Å². The molecule has 0 bridgehead atoms. The normalized spacial score (nSPS) is 22.2. The van der Waals surface area contributed by atoms with E-state index < -0.39 is 32.4 Å². The highest BCUT2D eigenvalue weighted by Crippen LogP contribution is 2.29. The zero-order valence-corrected chi connectivity index (χ0v) is 18.2. The number of rotatable bonds is 8. The molecule has 3 rings (SSSR count). The quantitative estimate of drug-likeness (QED) is 0.376. The number of carbonyl (C=O) groups excluding carboxylic acids is 1. The Morgan fingerprint density at radius 2 is 2.14 bits per heavy atom. The minimum absolute atomic E-state index is 0.0451. The van der Waals surface area contributed by atoms with Crippen LogP contribution in [0.15, 0.2) is 6.33 Å². The molecule has 2 aromatic heterocycles. The fourth-order valence-electron chi connectivity index (χ4n) is 3.24. The molecular formula is C18H28FN5O4Si. The summed E-state index contributed by atoms with van der Waals surface area (Å²) in [4.78, 5) is 20.7. The van der Waals surface area contributed by atoms with E-state index in [4.69, 9.17) is 9.47 Å². The van der Waals surface area contributed by atoms with Crippen LogP contribution in [0.2, 0.25) is 25.7 Å². The van der Waals surface area contributed by atoms with E-state index in [-0.39, 0.29) is 18.8 Å². The minimum Gasteiger partial charge on any atom is -0.464 e. The Bertz CT molecular complexity index is 872. The third-order valence-electron chi connectivity index (χ3n) is 4.98. The summed E-state index contributed by atoms with van der Waals surface area (Å²) in [5.74, 6) is -0.328. The van der Waals surface area contributed by atoms with Crippen LogP contribution in [-0.4, -0.2) is 70.9 Å². The standard InChI is InChI=1S/C18H28FN5O4Si/c1-27-18(26)14-13-16(22-12-6-5-11(19)15(12)25)20-9-21-17(13)24(23-14)10-28-7-8-29(2,3)4/h9,11-12,15,25H,5-8,10H2,1-4H3,(H,20,21,22)/t11-,12+,15+/m0/s1. The van der Waals surface area contributed by atoms with E-state index in [0.717, 1.165) is 6.04 Å². The fraction of sp³-hybridized carbons (Fsp3) is 0.667. The van der Waals surface area contributed by atoms with E-state index in [1.807, 2.05) is 0 Å². The number of alkyl halides is 1. The number of nitrogens with zero attached hydrogens (tertiary/aromatic N) is 4. The van der Waals surface area contributed by atoms with Crippen molar-refractivity contribution in [1.29, 1.82) is 0 Å². The van der Waals surface area contributed by atoms with Gasteiger partial charge in [0, 0.05) is 14.7 Å². The summed E-state index contributed by atoms with van der Waals surface area (Å²) in [5, 5.41) is 17.7. The molecule has 9 nitrogen and oxygen atoms in total. The lowest BCUT2D eigenvalue weighted by molar-refractivity contribution is 0.0585. The first-order chi connectivity index (χ1) is 13.7. The van der Waals surface area contributed by atoms with Crippen molar-refractivity contribution in [2.45, 2.75) is 63.6 Å². The van der Waals surface area contributed by atoms with E-state index in [9.17, 15) is 14.3 Å². The maximum absolute atomic E-state index is 13.7. The first-order valence-corrected chi connectivity index (χ1v) is 13.4. The zero-order chi connectivity index (χ0) is 21.2. The molecule has 2 heterocycles. The Balaban J connectivity index is 1.88. The molecule has 0 saturated heterocycles. The highest BCUT2D eigenvalue weighted by Gasteiger charge is 2.36. The third-order valence-corrected chi connectivity index (χ3v) is 6.68. The number of aliphatic hydroxyl groups excluding tert-OH is 1. The lowest BCUT2D eigenvalue weighted by atomic mass is 10.2. The predicted molar refractivity (Wildman–Crippen MR) is 108 cm³/mol. The molecule has 1 aliphatic rings. The Hall–Kier alpha value is -2.11. The van der Waals surface area contributed by atoms with Gasteiger partial charge in [-0.1, -0.05) is 19.6 Å². The topological polar surface area (TPSA) is 111 Å². The van der Waals surface area contributed by atoms with Crippen molar-refractivity contribution in [2.75, 3.05) is 19.0 Å². The van der Waals surface area contributed by atoms with Crippen molar-refractivity contribution < 1.29 is 23.8 Å². The highest BCUT2D eigenvalue weighted by molar-refractivity contribution is 6.76. The smallest absolute Gasteiger partial charge is 0.359 e. The molecule has 29 heavy (non-hydrogen) atoms. The second kappa shape index (κ2) is 8.72. The predicted octanol–water partition coefficient (Wildman–Crippen LogP) is 2.20. The Labute approximate surface area is 169 Å². The molecule has 3 atom stereocenters. The summed E-state index contributed by atoms with van der Waals surface area (Å²) in [6.07, 6.45) is -0.370. The monoisotopic (exact) mass is 425 g/mol. The number of fused-ring (bicyclic) bond motifs is 1. The molecule has 0 aliphatic heterocycles. The summed E-state index contributed by atoms with van der Waals surface area (Å²) < 4.78 is 25.8. The van der Waals surface area contributed by atoms with Crippen LogP contribution in [-0.2, 0) is 16.2 Å². The summed E-state index contributed by atoms with van der Waals surface area (Å²) in [7, 11) is 0.0384. The van der Waals surface area contributed by atoms with E-state index in [1.165, 1.54) is 18.1 Å². The van der Waals surface area contributed by atoms with Crippen molar-refractivity contribution in [2.24, 2.45) is 0 Å². The van der Waals surface area contributed by atoms with Crippen molar-refractivity contribution in [3.63, 3.8) is 0 Å². The zero-order valence-electron chi connectivity index (χ0n) is 17.2. The van der Waals surface area contributed by atoms with Gasteiger partial charge in [0.25, 0.3) is 0 Å².